The Morgan fingerprint density at radius 3 is 2.69 bits per heavy atom. The van der Waals surface area contributed by atoms with Crippen LogP contribution in [0, 0.1) is 0 Å². The first-order chi connectivity index (χ1) is 7.83. The summed E-state index contributed by atoms with van der Waals surface area (Å²) in [5, 5.41) is 0. The third kappa shape index (κ3) is 1.66. The third-order valence-electron chi connectivity index (χ3n) is 3.28. The van der Waals surface area contributed by atoms with Crippen molar-refractivity contribution in [2.45, 2.75) is 25.2 Å². The molecule has 0 N–H and O–H groups in total. The minimum atomic E-state index is 0.375. The zero-order valence-electron chi connectivity index (χ0n) is 9.07. The summed E-state index contributed by atoms with van der Waals surface area (Å²) in [6.07, 6.45) is 2.37. The van der Waals surface area contributed by atoms with Gasteiger partial charge in [0.2, 0.25) is 0 Å². The van der Waals surface area contributed by atoms with Crippen LogP contribution in [0.15, 0.2) is 18.2 Å². The molecule has 2 aliphatic rings. The van der Waals surface area contributed by atoms with Crippen molar-refractivity contribution >= 4 is 5.78 Å². The van der Waals surface area contributed by atoms with Crippen LogP contribution in [0.4, 0.5) is 0 Å². The van der Waals surface area contributed by atoms with E-state index in [4.69, 9.17) is 9.47 Å². The molecule has 1 aliphatic heterocycles. The molecule has 84 valence electrons. The molecule has 1 saturated carbocycles. The van der Waals surface area contributed by atoms with E-state index in [1.54, 1.807) is 0 Å². The minimum Gasteiger partial charge on any atom is -0.486 e. The molecule has 1 atom stereocenters. The molecule has 0 amide bonds. The molecule has 0 radical (unpaired) electrons. The molecule has 3 heteroatoms. The van der Waals surface area contributed by atoms with Gasteiger partial charge in [-0.15, -0.1) is 0 Å². The van der Waals surface area contributed by atoms with E-state index in [1.807, 2.05) is 12.1 Å². The highest BCUT2D eigenvalue weighted by molar-refractivity contribution is 5.81. The SMILES string of the molecule is O=C1CCC(c2ccc3c(c2)OCCO3)C1. The largest absolute Gasteiger partial charge is 0.486 e. The highest BCUT2D eigenvalue weighted by Gasteiger charge is 2.24. The molecule has 1 aromatic rings. The predicted molar refractivity (Wildman–Crippen MR) is 59.0 cm³/mol. The van der Waals surface area contributed by atoms with E-state index in [9.17, 15) is 4.79 Å². The third-order valence-corrected chi connectivity index (χ3v) is 3.28. The number of ketones is 1. The van der Waals surface area contributed by atoms with Crippen molar-refractivity contribution in [2.24, 2.45) is 0 Å². The van der Waals surface area contributed by atoms with Gasteiger partial charge in [0.15, 0.2) is 11.5 Å². The van der Waals surface area contributed by atoms with Gasteiger partial charge in [-0.3, -0.25) is 4.79 Å². The molecule has 3 nitrogen and oxygen atoms in total. The van der Waals surface area contributed by atoms with Crippen molar-refractivity contribution in [1.29, 1.82) is 0 Å². The number of ether oxygens (including phenoxy) is 2. The van der Waals surface area contributed by atoms with Crippen LogP contribution >= 0.6 is 0 Å². The quantitative estimate of drug-likeness (QED) is 0.725. The van der Waals surface area contributed by atoms with Crippen molar-refractivity contribution in [1.82, 2.24) is 0 Å². The molecule has 1 fully saturated rings. The van der Waals surface area contributed by atoms with Crippen LogP contribution in [-0.2, 0) is 4.79 Å². The fourth-order valence-corrected chi connectivity index (χ4v) is 2.41. The Bertz CT molecular complexity index is 425. The maximum atomic E-state index is 11.3. The number of rotatable bonds is 1. The van der Waals surface area contributed by atoms with Gasteiger partial charge >= 0.3 is 0 Å². The Balaban J connectivity index is 1.88. The summed E-state index contributed by atoms with van der Waals surface area (Å²) in [7, 11) is 0. The summed E-state index contributed by atoms with van der Waals surface area (Å²) in [6, 6.07) is 6.03. The minimum absolute atomic E-state index is 0.375. The summed E-state index contributed by atoms with van der Waals surface area (Å²) in [6.45, 7) is 1.23. The van der Waals surface area contributed by atoms with E-state index < -0.39 is 0 Å². The molecule has 1 aliphatic carbocycles. The lowest BCUT2D eigenvalue weighted by atomic mass is 9.97. The average molecular weight is 218 g/mol. The van der Waals surface area contributed by atoms with E-state index in [-0.39, 0.29) is 0 Å². The Morgan fingerprint density at radius 1 is 1.12 bits per heavy atom. The van der Waals surface area contributed by atoms with Gasteiger partial charge < -0.3 is 9.47 Å². The summed E-state index contributed by atoms with van der Waals surface area (Å²) in [4.78, 5) is 11.3. The summed E-state index contributed by atoms with van der Waals surface area (Å²) in [5.74, 6) is 2.39. The molecule has 16 heavy (non-hydrogen) atoms. The number of hydrogen-bond acceptors (Lipinski definition) is 3. The van der Waals surface area contributed by atoms with E-state index in [2.05, 4.69) is 6.07 Å². The second-order valence-electron chi connectivity index (χ2n) is 4.38. The lowest BCUT2D eigenvalue weighted by Gasteiger charge is -2.20. The first-order valence-electron chi connectivity index (χ1n) is 5.74. The lowest BCUT2D eigenvalue weighted by molar-refractivity contribution is -0.117. The molecule has 3 rings (SSSR count). The van der Waals surface area contributed by atoms with Crippen molar-refractivity contribution in [3.63, 3.8) is 0 Å². The van der Waals surface area contributed by atoms with Gasteiger partial charge in [0.05, 0.1) is 0 Å². The van der Waals surface area contributed by atoms with E-state index in [1.165, 1.54) is 5.56 Å². The molecule has 1 unspecified atom stereocenters. The number of benzene rings is 1. The van der Waals surface area contributed by atoms with Gasteiger partial charge in [-0.25, -0.2) is 0 Å². The molecule has 1 heterocycles. The van der Waals surface area contributed by atoms with Crippen molar-refractivity contribution in [3.8, 4) is 11.5 Å². The number of hydrogen-bond donors (Lipinski definition) is 0. The van der Waals surface area contributed by atoms with Crippen LogP contribution in [0.5, 0.6) is 11.5 Å². The molecule has 0 bridgehead atoms. The van der Waals surface area contributed by atoms with Crippen molar-refractivity contribution < 1.29 is 14.3 Å². The molecule has 1 aromatic carbocycles. The molecule has 0 spiro atoms. The monoisotopic (exact) mass is 218 g/mol. The summed E-state index contributed by atoms with van der Waals surface area (Å²) >= 11 is 0. The van der Waals surface area contributed by atoms with E-state index >= 15 is 0 Å². The molecule has 0 aromatic heterocycles. The van der Waals surface area contributed by atoms with Crippen LogP contribution in [-0.4, -0.2) is 19.0 Å². The fraction of sp³-hybridized carbons (Fsp3) is 0.462. The van der Waals surface area contributed by atoms with Crippen LogP contribution in [0.1, 0.15) is 30.7 Å². The number of fused-ring (bicyclic) bond motifs is 1. The first kappa shape index (κ1) is 9.70. The Hall–Kier alpha value is -1.51. The summed E-state index contributed by atoms with van der Waals surface area (Å²) < 4.78 is 11.0. The lowest BCUT2D eigenvalue weighted by Crippen LogP contribution is -2.15. The smallest absolute Gasteiger partial charge is 0.161 e. The van der Waals surface area contributed by atoms with Crippen LogP contribution in [0.3, 0.4) is 0 Å². The van der Waals surface area contributed by atoms with E-state index in [0.717, 1.165) is 24.3 Å². The number of carbonyl (C=O) groups excluding carboxylic acids is 1. The van der Waals surface area contributed by atoms with Crippen molar-refractivity contribution in [2.75, 3.05) is 13.2 Å². The van der Waals surface area contributed by atoms with Gasteiger partial charge in [0, 0.05) is 12.8 Å². The maximum Gasteiger partial charge on any atom is 0.161 e. The Labute approximate surface area is 94.4 Å². The van der Waals surface area contributed by atoms with Gasteiger partial charge in [-0.1, -0.05) is 6.07 Å². The standard InChI is InChI=1S/C13H14O3/c14-11-3-1-9(7-11)10-2-4-12-13(8-10)16-6-5-15-12/h2,4,8-9H,1,3,5-7H2. The Morgan fingerprint density at radius 2 is 1.94 bits per heavy atom. The molecular formula is C13H14O3. The van der Waals surface area contributed by atoms with Gasteiger partial charge in [-0.05, 0) is 30.0 Å². The highest BCUT2D eigenvalue weighted by Crippen LogP contribution is 2.37. The fourth-order valence-electron chi connectivity index (χ4n) is 2.41. The zero-order chi connectivity index (χ0) is 11.0. The second kappa shape index (κ2) is 3.81. The van der Waals surface area contributed by atoms with Crippen LogP contribution in [0.25, 0.3) is 0 Å². The molecular weight excluding hydrogens is 204 g/mol. The topological polar surface area (TPSA) is 35.5 Å². The van der Waals surface area contributed by atoms with Gasteiger partial charge in [0.25, 0.3) is 0 Å². The van der Waals surface area contributed by atoms with Gasteiger partial charge in [-0.2, -0.15) is 0 Å². The maximum absolute atomic E-state index is 11.3. The molecule has 0 saturated heterocycles. The Kier molecular flexibility index (Phi) is 2.31. The van der Waals surface area contributed by atoms with Crippen LogP contribution in [0.2, 0.25) is 0 Å². The summed E-state index contributed by atoms with van der Waals surface area (Å²) in [5.41, 5.74) is 1.20. The number of Topliss-reactive ketones (excluding diaryl/α,β-unsaturated/α-hetero) is 1. The zero-order valence-corrected chi connectivity index (χ0v) is 9.07. The van der Waals surface area contributed by atoms with Gasteiger partial charge in [0.1, 0.15) is 19.0 Å². The first-order valence-corrected chi connectivity index (χ1v) is 5.74. The highest BCUT2D eigenvalue weighted by atomic mass is 16.6. The second-order valence-corrected chi connectivity index (χ2v) is 4.38. The normalized spacial score (nSPS) is 23.5. The number of carbonyl (C=O) groups is 1. The van der Waals surface area contributed by atoms with E-state index in [0.29, 0.717) is 31.3 Å². The van der Waals surface area contributed by atoms with Crippen molar-refractivity contribution in [3.05, 3.63) is 23.8 Å². The predicted octanol–water partition coefficient (Wildman–Crippen LogP) is 2.29. The van der Waals surface area contributed by atoms with Crippen LogP contribution < -0.4 is 9.47 Å². The average Bonchev–Trinajstić information content (AvgIpc) is 2.75.